The van der Waals surface area contributed by atoms with Crippen LogP contribution in [0.15, 0.2) is 18.2 Å². The summed E-state index contributed by atoms with van der Waals surface area (Å²) < 4.78 is 12.8. The van der Waals surface area contributed by atoms with Crippen molar-refractivity contribution in [2.45, 2.75) is 13.0 Å². The first-order chi connectivity index (χ1) is 7.50. The van der Waals surface area contributed by atoms with Crippen LogP contribution in [0.2, 0.25) is 0 Å². The van der Waals surface area contributed by atoms with Gasteiger partial charge in [0.25, 0.3) is 5.91 Å². The fourth-order valence-corrected chi connectivity index (χ4v) is 1.05. The number of likely N-dealkylation sites (N-methyl/N-ethyl adjacent to an activating group) is 1. The van der Waals surface area contributed by atoms with Crippen LogP contribution in [0, 0.1) is 5.95 Å². The maximum atomic E-state index is 12.8. The second-order valence-corrected chi connectivity index (χ2v) is 3.87. The van der Waals surface area contributed by atoms with Crippen LogP contribution in [0.5, 0.6) is 0 Å². The summed E-state index contributed by atoms with van der Waals surface area (Å²) in [5, 5.41) is 2.70. The van der Waals surface area contributed by atoms with Crippen LogP contribution in [-0.4, -0.2) is 42.5 Å². The lowest BCUT2D eigenvalue weighted by atomic mass is 10.3. The Morgan fingerprint density at radius 2 is 2.25 bits per heavy atom. The van der Waals surface area contributed by atoms with Gasteiger partial charge in [0.1, 0.15) is 5.69 Å². The largest absolute Gasteiger partial charge is 0.349 e. The molecule has 0 fully saturated rings. The Morgan fingerprint density at radius 1 is 1.56 bits per heavy atom. The Morgan fingerprint density at radius 3 is 2.81 bits per heavy atom. The van der Waals surface area contributed by atoms with Crippen LogP contribution < -0.4 is 5.32 Å². The highest BCUT2D eigenvalue weighted by atomic mass is 19.1. The number of hydrogen-bond acceptors (Lipinski definition) is 3. The lowest BCUT2D eigenvalue weighted by Gasteiger charge is -2.19. The van der Waals surface area contributed by atoms with Crippen LogP contribution >= 0.6 is 0 Å². The van der Waals surface area contributed by atoms with Crippen molar-refractivity contribution in [3.8, 4) is 0 Å². The molecular weight excluding hydrogens is 209 g/mol. The Balaban J connectivity index is 2.53. The molecule has 1 atom stereocenters. The molecule has 5 heteroatoms. The molecule has 1 aromatic heterocycles. The minimum Gasteiger partial charge on any atom is -0.349 e. The molecule has 0 saturated carbocycles. The minimum absolute atomic E-state index is 0.103. The van der Waals surface area contributed by atoms with Gasteiger partial charge >= 0.3 is 0 Å². The van der Waals surface area contributed by atoms with Crippen LogP contribution in [0.25, 0.3) is 0 Å². The number of hydrogen-bond donors (Lipinski definition) is 1. The molecule has 0 spiro atoms. The number of pyridine rings is 1. The zero-order valence-corrected chi connectivity index (χ0v) is 9.70. The SMILES string of the molecule is CC(CNC(=O)c1cccc(F)n1)N(C)C. The molecule has 0 radical (unpaired) electrons. The van der Waals surface area contributed by atoms with Gasteiger partial charge in [0.05, 0.1) is 0 Å². The van der Waals surface area contributed by atoms with Gasteiger partial charge in [-0.3, -0.25) is 4.79 Å². The predicted octanol–water partition coefficient (Wildman–Crippen LogP) is 0.901. The van der Waals surface area contributed by atoms with E-state index in [-0.39, 0.29) is 17.6 Å². The van der Waals surface area contributed by atoms with Crippen molar-refractivity contribution >= 4 is 5.91 Å². The van der Waals surface area contributed by atoms with E-state index in [0.29, 0.717) is 6.54 Å². The third-order valence-corrected chi connectivity index (χ3v) is 2.39. The zero-order chi connectivity index (χ0) is 12.1. The van der Waals surface area contributed by atoms with E-state index in [4.69, 9.17) is 0 Å². The molecule has 4 nitrogen and oxygen atoms in total. The van der Waals surface area contributed by atoms with Gasteiger partial charge in [-0.1, -0.05) is 6.07 Å². The Hall–Kier alpha value is -1.49. The molecule has 0 aliphatic carbocycles. The number of rotatable bonds is 4. The van der Waals surface area contributed by atoms with Crippen molar-refractivity contribution in [1.29, 1.82) is 0 Å². The molecule has 0 aromatic carbocycles. The van der Waals surface area contributed by atoms with Crippen molar-refractivity contribution in [1.82, 2.24) is 15.2 Å². The molecule has 0 bridgehead atoms. The van der Waals surface area contributed by atoms with E-state index in [1.807, 2.05) is 25.9 Å². The highest BCUT2D eigenvalue weighted by Crippen LogP contribution is 1.98. The molecule has 1 unspecified atom stereocenters. The van der Waals surface area contributed by atoms with E-state index in [9.17, 15) is 9.18 Å². The van der Waals surface area contributed by atoms with Crippen molar-refractivity contribution in [2.75, 3.05) is 20.6 Å². The van der Waals surface area contributed by atoms with E-state index >= 15 is 0 Å². The number of carbonyl (C=O) groups excluding carboxylic acids is 1. The van der Waals surface area contributed by atoms with E-state index in [1.165, 1.54) is 18.2 Å². The van der Waals surface area contributed by atoms with E-state index in [2.05, 4.69) is 10.3 Å². The summed E-state index contributed by atoms with van der Waals surface area (Å²) >= 11 is 0. The number of aromatic nitrogens is 1. The number of nitrogens with zero attached hydrogens (tertiary/aromatic N) is 2. The van der Waals surface area contributed by atoms with Gasteiger partial charge in [-0.15, -0.1) is 0 Å². The number of amides is 1. The smallest absolute Gasteiger partial charge is 0.270 e. The Kier molecular flexibility index (Phi) is 4.37. The average Bonchev–Trinajstić information content (AvgIpc) is 2.25. The van der Waals surface area contributed by atoms with Crippen LogP contribution in [0.3, 0.4) is 0 Å². The normalized spacial score (nSPS) is 12.6. The molecule has 16 heavy (non-hydrogen) atoms. The highest BCUT2D eigenvalue weighted by molar-refractivity contribution is 5.92. The summed E-state index contributed by atoms with van der Waals surface area (Å²) in [6.45, 7) is 2.49. The second-order valence-electron chi connectivity index (χ2n) is 3.87. The first-order valence-corrected chi connectivity index (χ1v) is 5.08. The highest BCUT2D eigenvalue weighted by Gasteiger charge is 2.10. The fourth-order valence-electron chi connectivity index (χ4n) is 1.05. The zero-order valence-electron chi connectivity index (χ0n) is 9.70. The average molecular weight is 225 g/mol. The molecule has 1 rings (SSSR count). The lowest BCUT2D eigenvalue weighted by molar-refractivity contribution is 0.0937. The maximum absolute atomic E-state index is 12.8. The van der Waals surface area contributed by atoms with Gasteiger partial charge in [0, 0.05) is 12.6 Å². The van der Waals surface area contributed by atoms with Gasteiger partial charge in [0.2, 0.25) is 5.95 Å². The third-order valence-electron chi connectivity index (χ3n) is 2.39. The summed E-state index contributed by atoms with van der Waals surface area (Å²) in [4.78, 5) is 17.1. The van der Waals surface area contributed by atoms with E-state index in [0.717, 1.165) is 0 Å². The molecule has 0 saturated heterocycles. The third kappa shape index (κ3) is 3.58. The van der Waals surface area contributed by atoms with Crippen molar-refractivity contribution < 1.29 is 9.18 Å². The summed E-state index contributed by atoms with van der Waals surface area (Å²) in [6, 6.07) is 4.38. The first-order valence-electron chi connectivity index (χ1n) is 5.08. The van der Waals surface area contributed by atoms with Crippen molar-refractivity contribution in [3.05, 3.63) is 29.8 Å². The summed E-state index contributed by atoms with van der Waals surface area (Å²) in [5.41, 5.74) is 0.103. The van der Waals surface area contributed by atoms with E-state index in [1.54, 1.807) is 0 Å². The quantitative estimate of drug-likeness (QED) is 0.774. The lowest BCUT2D eigenvalue weighted by Crippen LogP contribution is -2.38. The first kappa shape index (κ1) is 12.6. The van der Waals surface area contributed by atoms with Gasteiger partial charge < -0.3 is 10.2 Å². The topological polar surface area (TPSA) is 45.2 Å². The fraction of sp³-hybridized carbons (Fsp3) is 0.455. The van der Waals surface area contributed by atoms with Crippen LogP contribution in [-0.2, 0) is 0 Å². The van der Waals surface area contributed by atoms with Gasteiger partial charge in [-0.25, -0.2) is 4.98 Å². The standard InChI is InChI=1S/C11H16FN3O/c1-8(15(2)3)7-13-11(16)9-5-4-6-10(12)14-9/h4-6,8H,7H2,1-3H3,(H,13,16). The maximum Gasteiger partial charge on any atom is 0.270 e. The predicted molar refractivity (Wildman–Crippen MR) is 59.7 cm³/mol. The van der Waals surface area contributed by atoms with Crippen molar-refractivity contribution in [2.24, 2.45) is 0 Å². The molecule has 1 amide bonds. The number of nitrogens with one attached hydrogen (secondary N) is 1. The molecule has 1 heterocycles. The van der Waals surface area contributed by atoms with Gasteiger partial charge in [-0.2, -0.15) is 4.39 Å². The second kappa shape index (κ2) is 5.55. The molecule has 88 valence electrons. The number of halogens is 1. The summed E-state index contributed by atoms with van der Waals surface area (Å²) in [7, 11) is 3.86. The van der Waals surface area contributed by atoms with Crippen LogP contribution in [0.4, 0.5) is 4.39 Å². The Labute approximate surface area is 94.5 Å². The Bertz CT molecular complexity index is 368. The number of carbonyl (C=O) groups is 1. The van der Waals surface area contributed by atoms with Gasteiger partial charge in [-0.05, 0) is 33.2 Å². The minimum atomic E-state index is -0.645. The molecule has 0 aliphatic heterocycles. The van der Waals surface area contributed by atoms with Crippen molar-refractivity contribution in [3.63, 3.8) is 0 Å². The molecule has 1 aromatic rings. The van der Waals surface area contributed by atoms with Gasteiger partial charge in [0.15, 0.2) is 0 Å². The van der Waals surface area contributed by atoms with Crippen LogP contribution in [0.1, 0.15) is 17.4 Å². The monoisotopic (exact) mass is 225 g/mol. The molecule has 1 N–H and O–H groups in total. The summed E-state index contributed by atoms with van der Waals surface area (Å²) in [6.07, 6.45) is 0. The van der Waals surface area contributed by atoms with E-state index < -0.39 is 5.95 Å². The molecule has 0 aliphatic rings. The molecular formula is C11H16FN3O. The summed E-state index contributed by atoms with van der Waals surface area (Å²) in [5.74, 6) is -0.999.